The van der Waals surface area contributed by atoms with Gasteiger partial charge in [0.25, 0.3) is 0 Å². The molecule has 1 fully saturated rings. The first kappa shape index (κ1) is 21.2. The summed E-state index contributed by atoms with van der Waals surface area (Å²) < 4.78 is 38.0. The van der Waals surface area contributed by atoms with Crippen LogP contribution in [-0.2, 0) is 15.8 Å². The summed E-state index contributed by atoms with van der Waals surface area (Å²) >= 11 is 0. The van der Waals surface area contributed by atoms with Crippen LogP contribution in [0.15, 0.2) is 24.3 Å². The van der Waals surface area contributed by atoms with Gasteiger partial charge in [0.05, 0.1) is 11.6 Å². The minimum absolute atomic E-state index is 0.490. The number of carboxylic acid groups (broad SMARTS) is 2. The molecule has 0 unspecified atom stereocenters. The predicted octanol–water partition coefficient (Wildman–Crippen LogP) is 1.90. The molecule has 1 saturated heterocycles. The van der Waals surface area contributed by atoms with Crippen molar-refractivity contribution in [1.29, 1.82) is 5.26 Å². The summed E-state index contributed by atoms with van der Waals surface area (Å²) in [7, 11) is 0. The van der Waals surface area contributed by atoms with Crippen LogP contribution in [0.25, 0.3) is 0 Å². The van der Waals surface area contributed by atoms with E-state index in [0.717, 1.165) is 25.7 Å². The van der Waals surface area contributed by atoms with Crippen LogP contribution in [0.1, 0.15) is 12.0 Å². The van der Waals surface area contributed by atoms with E-state index >= 15 is 0 Å². The third kappa shape index (κ3) is 6.98. The zero-order chi connectivity index (χ0) is 19.7. The summed E-state index contributed by atoms with van der Waals surface area (Å²) in [4.78, 5) is 22.3. The van der Waals surface area contributed by atoms with Crippen molar-refractivity contribution in [3.8, 4) is 6.07 Å². The predicted molar refractivity (Wildman–Crippen MR) is 85.6 cm³/mol. The first-order chi connectivity index (χ1) is 12.1. The van der Waals surface area contributed by atoms with Gasteiger partial charge in [0.1, 0.15) is 0 Å². The lowest BCUT2D eigenvalue weighted by atomic mass is 10.1. The van der Waals surface area contributed by atoms with E-state index in [-0.39, 0.29) is 0 Å². The maximum Gasteiger partial charge on any atom is 0.416 e. The minimum atomic E-state index is -4.30. The van der Waals surface area contributed by atoms with Gasteiger partial charge in [-0.1, -0.05) is 6.07 Å². The third-order valence-electron chi connectivity index (χ3n) is 3.63. The van der Waals surface area contributed by atoms with Crippen molar-refractivity contribution < 1.29 is 33.0 Å². The molecule has 0 bridgehead atoms. The minimum Gasteiger partial charge on any atom is -0.473 e. The van der Waals surface area contributed by atoms with Crippen molar-refractivity contribution in [3.05, 3.63) is 29.8 Å². The second-order valence-corrected chi connectivity index (χ2v) is 5.40. The van der Waals surface area contributed by atoms with Gasteiger partial charge < -0.3 is 15.1 Å². The van der Waals surface area contributed by atoms with Crippen LogP contribution in [0, 0.1) is 11.3 Å². The van der Waals surface area contributed by atoms with Gasteiger partial charge in [-0.15, -0.1) is 0 Å². The van der Waals surface area contributed by atoms with Gasteiger partial charge in [-0.2, -0.15) is 18.4 Å². The molecule has 0 saturated carbocycles. The number of nitriles is 1. The summed E-state index contributed by atoms with van der Waals surface area (Å²) in [6.45, 7) is 3.66. The lowest BCUT2D eigenvalue weighted by molar-refractivity contribution is -0.159. The number of piperazine rings is 1. The molecule has 1 aliphatic heterocycles. The Morgan fingerprint density at radius 1 is 1.12 bits per heavy atom. The number of hydrogen-bond acceptors (Lipinski definition) is 5. The van der Waals surface area contributed by atoms with Gasteiger partial charge in [0, 0.05) is 44.8 Å². The monoisotopic (exact) mass is 373 g/mol. The number of aliphatic carboxylic acids is 2. The first-order valence-electron chi connectivity index (χ1n) is 7.63. The summed E-state index contributed by atoms with van der Waals surface area (Å²) in [6.07, 6.45) is -3.81. The fourth-order valence-corrected chi connectivity index (χ4v) is 2.32. The van der Waals surface area contributed by atoms with Gasteiger partial charge in [-0.05, 0) is 18.2 Å². The zero-order valence-electron chi connectivity index (χ0n) is 13.7. The number of nitrogens with zero attached hydrogens (tertiary/aromatic N) is 3. The Hall–Kier alpha value is -2.80. The average Bonchev–Trinajstić information content (AvgIpc) is 2.60. The van der Waals surface area contributed by atoms with Crippen molar-refractivity contribution in [2.75, 3.05) is 37.6 Å². The van der Waals surface area contributed by atoms with Gasteiger partial charge in [0.2, 0.25) is 0 Å². The number of halogens is 3. The molecule has 26 heavy (non-hydrogen) atoms. The second kappa shape index (κ2) is 9.62. The first-order valence-corrected chi connectivity index (χ1v) is 7.63. The number of anilines is 1. The zero-order valence-corrected chi connectivity index (χ0v) is 13.7. The lowest BCUT2D eigenvalue weighted by Crippen LogP contribution is -2.46. The Morgan fingerprint density at radius 2 is 1.69 bits per heavy atom. The number of carbonyl (C=O) groups is 2. The van der Waals surface area contributed by atoms with Crippen molar-refractivity contribution in [2.45, 2.75) is 12.6 Å². The standard InChI is InChI=1S/C14H16F3N3.C2H2O4/c15-14(16,17)12-3-1-4-13(11-12)20-9-7-19(8-10-20)6-2-5-18;3-1(4)2(5)6/h1,3-4,11H,2,6-10H2;(H,3,4)(H,5,6). The van der Waals surface area contributed by atoms with Crippen molar-refractivity contribution in [1.82, 2.24) is 4.90 Å². The molecule has 2 rings (SSSR count). The number of carboxylic acids is 2. The highest BCUT2D eigenvalue weighted by Crippen LogP contribution is 2.31. The molecule has 1 aromatic carbocycles. The van der Waals surface area contributed by atoms with Crippen molar-refractivity contribution in [3.63, 3.8) is 0 Å². The van der Waals surface area contributed by atoms with E-state index in [9.17, 15) is 13.2 Å². The highest BCUT2D eigenvalue weighted by Gasteiger charge is 2.31. The molecule has 0 atom stereocenters. The van der Waals surface area contributed by atoms with Crippen LogP contribution < -0.4 is 4.90 Å². The van der Waals surface area contributed by atoms with Gasteiger partial charge in [-0.25, -0.2) is 9.59 Å². The van der Waals surface area contributed by atoms with E-state index in [4.69, 9.17) is 25.1 Å². The fourth-order valence-electron chi connectivity index (χ4n) is 2.32. The smallest absolute Gasteiger partial charge is 0.416 e. The third-order valence-corrected chi connectivity index (χ3v) is 3.63. The highest BCUT2D eigenvalue weighted by molar-refractivity contribution is 6.27. The van der Waals surface area contributed by atoms with E-state index < -0.39 is 23.7 Å². The van der Waals surface area contributed by atoms with E-state index in [2.05, 4.69) is 11.0 Å². The fraction of sp³-hybridized carbons (Fsp3) is 0.438. The van der Waals surface area contributed by atoms with E-state index in [1.54, 1.807) is 6.07 Å². The lowest BCUT2D eigenvalue weighted by Gasteiger charge is -2.36. The molecule has 1 aromatic rings. The summed E-state index contributed by atoms with van der Waals surface area (Å²) in [6, 6.07) is 7.54. The van der Waals surface area contributed by atoms with E-state index in [0.29, 0.717) is 25.2 Å². The Morgan fingerprint density at radius 3 is 2.15 bits per heavy atom. The SMILES string of the molecule is N#CCCN1CCN(c2cccc(C(F)(F)F)c2)CC1.O=C(O)C(=O)O. The second-order valence-electron chi connectivity index (χ2n) is 5.40. The molecule has 10 heteroatoms. The van der Waals surface area contributed by atoms with Crippen molar-refractivity contribution in [2.24, 2.45) is 0 Å². The number of benzene rings is 1. The molecule has 0 aromatic heterocycles. The maximum absolute atomic E-state index is 12.7. The molecule has 2 N–H and O–H groups in total. The Labute approximate surface area is 147 Å². The molecule has 0 spiro atoms. The highest BCUT2D eigenvalue weighted by atomic mass is 19.4. The Balaban J connectivity index is 0.000000487. The van der Waals surface area contributed by atoms with E-state index in [1.165, 1.54) is 12.1 Å². The quantitative estimate of drug-likeness (QED) is 0.780. The molecular weight excluding hydrogens is 355 g/mol. The Bertz CT molecular complexity index is 653. The molecule has 0 aliphatic carbocycles. The van der Waals surface area contributed by atoms with Gasteiger partial charge >= 0.3 is 18.1 Å². The number of alkyl halides is 3. The van der Waals surface area contributed by atoms with Crippen LogP contribution in [0.3, 0.4) is 0 Å². The molecule has 1 heterocycles. The summed E-state index contributed by atoms with van der Waals surface area (Å²) in [5.74, 6) is -3.65. The average molecular weight is 373 g/mol. The molecule has 142 valence electrons. The summed E-state index contributed by atoms with van der Waals surface area (Å²) in [5.41, 5.74) is 0.00154. The topological polar surface area (TPSA) is 105 Å². The van der Waals surface area contributed by atoms with Crippen LogP contribution in [0.4, 0.5) is 18.9 Å². The Kier molecular flexibility index (Phi) is 7.86. The normalized spacial score (nSPS) is 14.8. The molecule has 1 aliphatic rings. The van der Waals surface area contributed by atoms with Crippen LogP contribution in [-0.4, -0.2) is 59.8 Å². The van der Waals surface area contributed by atoms with Gasteiger partial charge in [-0.3, -0.25) is 4.90 Å². The molecular formula is C16H18F3N3O4. The molecule has 7 nitrogen and oxygen atoms in total. The summed E-state index contributed by atoms with van der Waals surface area (Å²) in [5, 5.41) is 23.3. The van der Waals surface area contributed by atoms with E-state index in [1.807, 2.05) is 4.90 Å². The van der Waals surface area contributed by atoms with Crippen LogP contribution in [0.2, 0.25) is 0 Å². The maximum atomic E-state index is 12.7. The number of rotatable bonds is 3. The van der Waals surface area contributed by atoms with Crippen LogP contribution >= 0.6 is 0 Å². The largest absolute Gasteiger partial charge is 0.473 e. The van der Waals surface area contributed by atoms with Crippen molar-refractivity contribution >= 4 is 17.6 Å². The number of hydrogen-bond donors (Lipinski definition) is 2. The van der Waals surface area contributed by atoms with Crippen LogP contribution in [0.5, 0.6) is 0 Å². The van der Waals surface area contributed by atoms with Gasteiger partial charge in [0.15, 0.2) is 0 Å². The molecule has 0 radical (unpaired) electrons. The molecule has 0 amide bonds.